The summed E-state index contributed by atoms with van der Waals surface area (Å²) in [5, 5.41) is 13.1. The molecule has 0 aliphatic carbocycles. The molecule has 2 atom stereocenters. The minimum Gasteiger partial charge on any atom is -0.487 e. The number of hydrogen-bond donors (Lipinski definition) is 2. The van der Waals surface area contributed by atoms with Crippen molar-refractivity contribution in [3.05, 3.63) is 53.3 Å². The molecule has 0 fully saturated rings. The molecule has 7 nitrogen and oxygen atoms in total. The SMILES string of the molecule is Cc1nc(NC(C)c2cccc(C(F)(F)CO)c2)c2cc3c(cc2n1)OCCOCC(C)O3. The van der Waals surface area contributed by atoms with E-state index in [1.165, 1.54) is 12.1 Å². The maximum absolute atomic E-state index is 14.0. The van der Waals surface area contributed by atoms with Crippen LogP contribution in [0.4, 0.5) is 14.6 Å². The number of aliphatic hydroxyl groups excluding tert-OH is 1. The maximum atomic E-state index is 14.0. The van der Waals surface area contributed by atoms with Gasteiger partial charge in [0.15, 0.2) is 11.5 Å². The Kier molecular flexibility index (Phi) is 6.62. The first-order valence-electron chi connectivity index (χ1n) is 10.8. The van der Waals surface area contributed by atoms with Crippen LogP contribution < -0.4 is 14.8 Å². The number of aryl methyl sites for hydroxylation is 1. The third-order valence-corrected chi connectivity index (χ3v) is 5.40. The summed E-state index contributed by atoms with van der Waals surface area (Å²) in [6.07, 6.45) is -0.166. The van der Waals surface area contributed by atoms with Crippen LogP contribution in [0.1, 0.15) is 36.8 Å². The summed E-state index contributed by atoms with van der Waals surface area (Å²) >= 11 is 0. The van der Waals surface area contributed by atoms with E-state index in [-0.39, 0.29) is 17.7 Å². The summed E-state index contributed by atoms with van der Waals surface area (Å²) in [7, 11) is 0. The Hall–Kier alpha value is -3.04. The van der Waals surface area contributed by atoms with Crippen molar-refractivity contribution in [2.24, 2.45) is 0 Å². The molecule has 2 N–H and O–H groups in total. The van der Waals surface area contributed by atoms with Gasteiger partial charge in [0.1, 0.15) is 31.0 Å². The van der Waals surface area contributed by atoms with Gasteiger partial charge in [0, 0.05) is 23.1 Å². The molecule has 33 heavy (non-hydrogen) atoms. The van der Waals surface area contributed by atoms with Crippen molar-refractivity contribution in [1.29, 1.82) is 0 Å². The van der Waals surface area contributed by atoms with Crippen molar-refractivity contribution < 1.29 is 28.1 Å². The first-order chi connectivity index (χ1) is 15.8. The predicted molar refractivity (Wildman–Crippen MR) is 120 cm³/mol. The normalized spacial score (nSPS) is 17.7. The number of fused-ring (bicyclic) bond motifs is 2. The van der Waals surface area contributed by atoms with E-state index in [1.807, 2.05) is 26.0 Å². The maximum Gasteiger partial charge on any atom is 0.295 e. The number of benzene rings is 2. The highest BCUT2D eigenvalue weighted by Crippen LogP contribution is 2.37. The minimum absolute atomic E-state index is 0.166. The summed E-state index contributed by atoms with van der Waals surface area (Å²) in [6.45, 7) is 5.62. The third-order valence-electron chi connectivity index (χ3n) is 5.40. The van der Waals surface area contributed by atoms with E-state index < -0.39 is 12.5 Å². The highest BCUT2D eigenvalue weighted by molar-refractivity contribution is 5.92. The average Bonchev–Trinajstić information content (AvgIpc) is 2.87. The Balaban J connectivity index is 1.70. The molecule has 0 spiro atoms. The van der Waals surface area contributed by atoms with Crippen LogP contribution in [0.3, 0.4) is 0 Å². The number of halogens is 2. The van der Waals surface area contributed by atoms with Crippen molar-refractivity contribution in [3.63, 3.8) is 0 Å². The second kappa shape index (κ2) is 9.44. The number of aliphatic hydroxyl groups is 1. The monoisotopic (exact) mass is 459 g/mol. The van der Waals surface area contributed by atoms with Gasteiger partial charge in [-0.05, 0) is 38.5 Å². The Morgan fingerprint density at radius 2 is 2.00 bits per heavy atom. The molecule has 2 heterocycles. The average molecular weight is 459 g/mol. The summed E-state index contributed by atoms with van der Waals surface area (Å²) in [5.41, 5.74) is 1.07. The van der Waals surface area contributed by atoms with Crippen LogP contribution in [-0.4, -0.2) is 47.6 Å². The van der Waals surface area contributed by atoms with Crippen LogP contribution in [0.25, 0.3) is 10.9 Å². The smallest absolute Gasteiger partial charge is 0.295 e. The molecular weight excluding hydrogens is 432 g/mol. The van der Waals surface area contributed by atoms with Crippen LogP contribution in [-0.2, 0) is 10.7 Å². The van der Waals surface area contributed by atoms with Gasteiger partial charge in [-0.25, -0.2) is 9.97 Å². The standard InChI is InChI=1S/C24H27F2N3O4/c1-14-12-31-7-8-32-21-11-20-19(10-22(21)33-14)23(29-16(3)28-20)27-15(2)17-5-4-6-18(9-17)24(25,26)13-30/h4-6,9-11,14-15,30H,7-8,12-13H2,1-3H3,(H,27,28,29). The van der Waals surface area contributed by atoms with E-state index >= 15 is 0 Å². The van der Waals surface area contributed by atoms with E-state index in [2.05, 4.69) is 15.3 Å². The van der Waals surface area contributed by atoms with Crippen molar-refractivity contribution >= 4 is 16.7 Å². The van der Waals surface area contributed by atoms with E-state index in [4.69, 9.17) is 19.3 Å². The number of nitrogens with one attached hydrogen (secondary N) is 1. The molecule has 0 radical (unpaired) electrons. The Bertz CT molecular complexity index is 1140. The fourth-order valence-corrected chi connectivity index (χ4v) is 3.69. The van der Waals surface area contributed by atoms with Gasteiger partial charge in [0.05, 0.1) is 18.7 Å². The van der Waals surface area contributed by atoms with Gasteiger partial charge in [-0.1, -0.05) is 18.2 Å². The van der Waals surface area contributed by atoms with Gasteiger partial charge in [-0.3, -0.25) is 0 Å². The highest BCUT2D eigenvalue weighted by atomic mass is 19.3. The molecule has 9 heteroatoms. The number of alkyl halides is 2. The van der Waals surface area contributed by atoms with Gasteiger partial charge in [0.25, 0.3) is 5.92 Å². The number of hydrogen-bond acceptors (Lipinski definition) is 7. The molecule has 0 saturated heterocycles. The molecule has 2 aromatic carbocycles. The molecule has 1 aromatic heterocycles. The molecule has 3 aromatic rings. The fraction of sp³-hybridized carbons (Fsp3) is 0.417. The van der Waals surface area contributed by atoms with Gasteiger partial charge in [-0.2, -0.15) is 8.78 Å². The largest absolute Gasteiger partial charge is 0.487 e. The molecule has 1 aliphatic heterocycles. The van der Waals surface area contributed by atoms with Crippen LogP contribution in [0, 0.1) is 6.92 Å². The number of rotatable bonds is 5. The van der Waals surface area contributed by atoms with Crippen molar-refractivity contribution in [2.45, 2.75) is 38.8 Å². The second-order valence-electron chi connectivity index (χ2n) is 8.14. The zero-order chi connectivity index (χ0) is 23.6. The number of ether oxygens (including phenoxy) is 3. The lowest BCUT2D eigenvalue weighted by atomic mass is 10.0. The zero-order valence-electron chi connectivity index (χ0n) is 18.8. The lowest BCUT2D eigenvalue weighted by Crippen LogP contribution is -2.19. The van der Waals surface area contributed by atoms with E-state index in [0.29, 0.717) is 54.0 Å². The molecule has 0 saturated carbocycles. The lowest BCUT2D eigenvalue weighted by Gasteiger charge is -2.20. The van der Waals surface area contributed by atoms with E-state index in [9.17, 15) is 8.78 Å². The molecule has 1 aliphatic rings. The van der Waals surface area contributed by atoms with Crippen LogP contribution in [0.5, 0.6) is 11.5 Å². The van der Waals surface area contributed by atoms with Crippen LogP contribution in [0.2, 0.25) is 0 Å². The van der Waals surface area contributed by atoms with E-state index in [1.54, 1.807) is 19.1 Å². The highest BCUT2D eigenvalue weighted by Gasteiger charge is 2.30. The fourth-order valence-electron chi connectivity index (χ4n) is 3.69. The van der Waals surface area contributed by atoms with Crippen molar-refractivity contribution in [2.75, 3.05) is 31.7 Å². The van der Waals surface area contributed by atoms with Gasteiger partial charge >= 0.3 is 0 Å². The molecule has 4 rings (SSSR count). The predicted octanol–water partition coefficient (Wildman–Crippen LogP) is 4.37. The lowest BCUT2D eigenvalue weighted by molar-refractivity contribution is -0.0556. The van der Waals surface area contributed by atoms with Gasteiger partial charge < -0.3 is 24.6 Å². The Morgan fingerprint density at radius 3 is 2.79 bits per heavy atom. The summed E-state index contributed by atoms with van der Waals surface area (Å²) in [4.78, 5) is 9.08. The van der Waals surface area contributed by atoms with Crippen molar-refractivity contribution in [1.82, 2.24) is 9.97 Å². The molecular formula is C24H27F2N3O4. The van der Waals surface area contributed by atoms with Gasteiger partial charge in [-0.15, -0.1) is 0 Å². The number of nitrogens with zero attached hydrogens (tertiary/aromatic N) is 2. The summed E-state index contributed by atoms with van der Waals surface area (Å²) in [6, 6.07) is 9.30. The number of aromatic nitrogens is 2. The van der Waals surface area contributed by atoms with E-state index in [0.717, 1.165) is 5.39 Å². The van der Waals surface area contributed by atoms with Crippen LogP contribution >= 0.6 is 0 Å². The minimum atomic E-state index is -3.30. The Labute approximate surface area is 190 Å². The zero-order valence-corrected chi connectivity index (χ0v) is 18.8. The summed E-state index contributed by atoms with van der Waals surface area (Å²) < 4.78 is 45.3. The molecule has 0 bridgehead atoms. The topological polar surface area (TPSA) is 85.7 Å². The Morgan fingerprint density at radius 1 is 1.18 bits per heavy atom. The first-order valence-corrected chi connectivity index (χ1v) is 10.8. The molecule has 0 amide bonds. The molecule has 176 valence electrons. The number of anilines is 1. The van der Waals surface area contributed by atoms with Crippen molar-refractivity contribution in [3.8, 4) is 11.5 Å². The second-order valence-corrected chi connectivity index (χ2v) is 8.14. The molecule has 2 unspecified atom stereocenters. The van der Waals surface area contributed by atoms with Gasteiger partial charge in [0.2, 0.25) is 0 Å². The first kappa shape index (κ1) is 23.1. The summed E-state index contributed by atoms with van der Waals surface area (Å²) in [5.74, 6) is -1.05. The van der Waals surface area contributed by atoms with Crippen LogP contribution in [0.15, 0.2) is 36.4 Å². The third kappa shape index (κ3) is 5.15. The quantitative estimate of drug-likeness (QED) is 0.586.